The van der Waals surface area contributed by atoms with Gasteiger partial charge in [0.1, 0.15) is 0 Å². The number of nitrogens with zero attached hydrogens (tertiary/aromatic N) is 1. The Hall–Kier alpha value is -0.810. The molecule has 1 rings (SSSR count). The number of hydrogen-bond donors (Lipinski definition) is 3. The molecule has 1 unspecified atom stereocenters. The van der Waals surface area contributed by atoms with Crippen LogP contribution in [0.1, 0.15) is 33.1 Å². The van der Waals surface area contributed by atoms with Gasteiger partial charge in [-0.05, 0) is 51.7 Å². The number of piperidine rings is 1. The van der Waals surface area contributed by atoms with Crippen LogP contribution in [0.25, 0.3) is 0 Å². The third kappa shape index (κ3) is 5.69. The summed E-state index contributed by atoms with van der Waals surface area (Å²) in [6, 6.07) is 0.0702. The summed E-state index contributed by atoms with van der Waals surface area (Å²) in [6.07, 6.45) is 3.80. The minimum atomic E-state index is -0.447. The second-order valence-corrected chi connectivity index (χ2v) is 5.21. The minimum Gasteiger partial charge on any atom is -0.352 e. The quantitative estimate of drug-likeness (QED) is 0.589. The van der Waals surface area contributed by atoms with Crippen molar-refractivity contribution in [1.82, 2.24) is 15.5 Å². The number of nitrogens with one attached hydrogen (secondary N) is 2. The Balaban J connectivity index is 2.11. The molecular formula is C13H28N4O. The van der Waals surface area contributed by atoms with Gasteiger partial charge in [-0.1, -0.05) is 6.92 Å². The van der Waals surface area contributed by atoms with Crippen molar-refractivity contribution in [3.63, 3.8) is 0 Å². The van der Waals surface area contributed by atoms with E-state index in [0.29, 0.717) is 12.6 Å². The van der Waals surface area contributed by atoms with E-state index in [2.05, 4.69) is 29.4 Å². The van der Waals surface area contributed by atoms with Crippen molar-refractivity contribution >= 4 is 6.03 Å². The SMILES string of the molecule is CCCN1CCC(C(C)NCCNC(N)=O)CC1. The summed E-state index contributed by atoms with van der Waals surface area (Å²) in [5, 5.41) is 6.06. The molecule has 5 heteroatoms. The van der Waals surface area contributed by atoms with E-state index in [-0.39, 0.29) is 0 Å². The van der Waals surface area contributed by atoms with Crippen LogP contribution < -0.4 is 16.4 Å². The van der Waals surface area contributed by atoms with Crippen LogP contribution in [0.2, 0.25) is 0 Å². The van der Waals surface area contributed by atoms with Crippen LogP contribution in [0.4, 0.5) is 4.79 Å². The van der Waals surface area contributed by atoms with Crippen molar-refractivity contribution in [3.05, 3.63) is 0 Å². The van der Waals surface area contributed by atoms with E-state index in [9.17, 15) is 4.79 Å². The number of rotatable bonds is 7. The maximum atomic E-state index is 10.5. The smallest absolute Gasteiger partial charge is 0.312 e. The van der Waals surface area contributed by atoms with E-state index in [1.165, 1.54) is 38.9 Å². The number of carbonyl (C=O) groups is 1. The summed E-state index contributed by atoms with van der Waals surface area (Å²) in [7, 11) is 0. The topological polar surface area (TPSA) is 70.4 Å². The van der Waals surface area contributed by atoms with Gasteiger partial charge in [-0.2, -0.15) is 0 Å². The molecule has 0 bridgehead atoms. The third-order valence-electron chi connectivity index (χ3n) is 3.77. The van der Waals surface area contributed by atoms with Crippen molar-refractivity contribution in [1.29, 1.82) is 0 Å². The van der Waals surface area contributed by atoms with E-state index in [4.69, 9.17) is 5.73 Å². The molecule has 18 heavy (non-hydrogen) atoms. The van der Waals surface area contributed by atoms with Crippen molar-refractivity contribution in [3.8, 4) is 0 Å². The first-order chi connectivity index (χ1) is 8.63. The summed E-state index contributed by atoms with van der Waals surface area (Å²) >= 11 is 0. The number of carbonyl (C=O) groups excluding carboxylic acids is 1. The fraction of sp³-hybridized carbons (Fsp3) is 0.923. The molecule has 106 valence electrons. The minimum absolute atomic E-state index is 0.447. The van der Waals surface area contributed by atoms with Gasteiger partial charge in [0.25, 0.3) is 0 Å². The zero-order valence-corrected chi connectivity index (χ0v) is 11.7. The predicted molar refractivity (Wildman–Crippen MR) is 74.5 cm³/mol. The highest BCUT2D eigenvalue weighted by Crippen LogP contribution is 2.20. The van der Waals surface area contributed by atoms with Crippen LogP contribution in [0, 0.1) is 5.92 Å². The number of hydrogen-bond acceptors (Lipinski definition) is 3. The molecule has 0 aliphatic carbocycles. The molecule has 0 radical (unpaired) electrons. The van der Waals surface area contributed by atoms with Crippen molar-refractivity contribution < 1.29 is 4.79 Å². The summed E-state index contributed by atoms with van der Waals surface area (Å²) in [6.45, 7) is 9.56. The first-order valence-electron chi connectivity index (χ1n) is 7.12. The molecule has 1 atom stereocenters. The van der Waals surface area contributed by atoms with Gasteiger partial charge in [0.05, 0.1) is 0 Å². The number of primary amides is 1. The zero-order chi connectivity index (χ0) is 13.4. The predicted octanol–water partition coefficient (Wildman–Crippen LogP) is 0.755. The van der Waals surface area contributed by atoms with Gasteiger partial charge in [-0.25, -0.2) is 4.79 Å². The Morgan fingerprint density at radius 2 is 2.06 bits per heavy atom. The number of nitrogens with two attached hydrogens (primary N) is 1. The van der Waals surface area contributed by atoms with E-state index < -0.39 is 6.03 Å². The van der Waals surface area contributed by atoms with Crippen LogP contribution in [-0.4, -0.2) is 49.7 Å². The van der Waals surface area contributed by atoms with Crippen LogP contribution in [-0.2, 0) is 0 Å². The molecule has 0 saturated carbocycles. The second-order valence-electron chi connectivity index (χ2n) is 5.21. The molecule has 1 aliphatic heterocycles. The highest BCUT2D eigenvalue weighted by molar-refractivity contribution is 5.71. The molecule has 0 aromatic carbocycles. The highest BCUT2D eigenvalue weighted by Gasteiger charge is 2.22. The van der Waals surface area contributed by atoms with Gasteiger partial charge in [-0.15, -0.1) is 0 Å². The Morgan fingerprint density at radius 3 is 2.61 bits per heavy atom. The lowest BCUT2D eigenvalue weighted by atomic mass is 9.90. The monoisotopic (exact) mass is 256 g/mol. The molecule has 5 nitrogen and oxygen atoms in total. The fourth-order valence-corrected chi connectivity index (χ4v) is 2.64. The Bertz CT molecular complexity index is 239. The molecule has 1 fully saturated rings. The Morgan fingerprint density at radius 1 is 1.39 bits per heavy atom. The van der Waals surface area contributed by atoms with Crippen LogP contribution >= 0.6 is 0 Å². The zero-order valence-electron chi connectivity index (χ0n) is 11.7. The number of amides is 2. The van der Waals surface area contributed by atoms with E-state index in [0.717, 1.165) is 12.5 Å². The average Bonchev–Trinajstić information content (AvgIpc) is 2.35. The lowest BCUT2D eigenvalue weighted by Crippen LogP contribution is -2.44. The van der Waals surface area contributed by atoms with Crippen LogP contribution in [0.15, 0.2) is 0 Å². The van der Waals surface area contributed by atoms with Crippen molar-refractivity contribution in [2.45, 2.75) is 39.2 Å². The van der Waals surface area contributed by atoms with Gasteiger partial charge in [0, 0.05) is 19.1 Å². The van der Waals surface area contributed by atoms with E-state index in [1.807, 2.05) is 0 Å². The van der Waals surface area contributed by atoms with Crippen molar-refractivity contribution in [2.24, 2.45) is 11.7 Å². The highest BCUT2D eigenvalue weighted by atomic mass is 16.2. The van der Waals surface area contributed by atoms with Gasteiger partial charge >= 0.3 is 6.03 Å². The Kier molecular flexibility index (Phi) is 7.05. The fourth-order valence-electron chi connectivity index (χ4n) is 2.64. The van der Waals surface area contributed by atoms with E-state index >= 15 is 0 Å². The van der Waals surface area contributed by atoms with Gasteiger partial charge in [-0.3, -0.25) is 0 Å². The van der Waals surface area contributed by atoms with Crippen LogP contribution in [0.5, 0.6) is 0 Å². The first-order valence-corrected chi connectivity index (χ1v) is 7.12. The summed E-state index contributed by atoms with van der Waals surface area (Å²) < 4.78 is 0. The summed E-state index contributed by atoms with van der Waals surface area (Å²) in [5.41, 5.74) is 5.01. The molecule has 1 saturated heterocycles. The average molecular weight is 256 g/mol. The summed E-state index contributed by atoms with van der Waals surface area (Å²) in [4.78, 5) is 13.1. The molecular weight excluding hydrogens is 228 g/mol. The van der Waals surface area contributed by atoms with Gasteiger partial charge < -0.3 is 21.3 Å². The van der Waals surface area contributed by atoms with Crippen LogP contribution in [0.3, 0.4) is 0 Å². The second kappa shape index (κ2) is 8.32. The Labute approximate surface area is 110 Å². The number of urea groups is 1. The first kappa shape index (κ1) is 15.2. The standard InChI is InChI=1S/C13H28N4O/c1-3-8-17-9-4-12(5-10-17)11(2)15-6-7-16-13(14)18/h11-12,15H,3-10H2,1-2H3,(H3,14,16,18). The molecule has 1 aliphatic rings. The number of likely N-dealkylation sites (tertiary alicyclic amines) is 1. The molecule has 0 spiro atoms. The lowest BCUT2D eigenvalue weighted by molar-refractivity contribution is 0.163. The van der Waals surface area contributed by atoms with E-state index in [1.54, 1.807) is 0 Å². The maximum Gasteiger partial charge on any atom is 0.312 e. The lowest BCUT2D eigenvalue weighted by Gasteiger charge is -2.35. The van der Waals surface area contributed by atoms with Gasteiger partial charge in [0.15, 0.2) is 0 Å². The largest absolute Gasteiger partial charge is 0.352 e. The maximum absolute atomic E-state index is 10.5. The van der Waals surface area contributed by atoms with Gasteiger partial charge in [0.2, 0.25) is 0 Å². The molecule has 1 heterocycles. The molecule has 2 amide bonds. The molecule has 0 aromatic heterocycles. The van der Waals surface area contributed by atoms with Crippen molar-refractivity contribution in [2.75, 3.05) is 32.7 Å². The molecule has 4 N–H and O–H groups in total. The summed E-state index contributed by atoms with van der Waals surface area (Å²) in [5.74, 6) is 0.756. The normalized spacial score (nSPS) is 19.7. The third-order valence-corrected chi connectivity index (χ3v) is 3.77. The molecule has 0 aromatic rings.